The number of hydrogen-bond acceptors (Lipinski definition) is 4. The van der Waals surface area contributed by atoms with Gasteiger partial charge in [0.05, 0.1) is 4.90 Å². The van der Waals surface area contributed by atoms with Gasteiger partial charge in [0.25, 0.3) is 0 Å². The molecule has 2 N–H and O–H groups in total. The van der Waals surface area contributed by atoms with E-state index in [4.69, 9.17) is 5.11 Å². The molecule has 1 heterocycles. The highest BCUT2D eigenvalue weighted by molar-refractivity contribution is 7.89. The van der Waals surface area contributed by atoms with Crippen molar-refractivity contribution in [2.24, 2.45) is 0 Å². The molecular weight excluding hydrogens is 238 g/mol. The zero-order chi connectivity index (χ0) is 11.3. The molecule has 0 aliphatic rings. The minimum atomic E-state index is -3.45. The number of thiophene rings is 1. The first-order valence-corrected chi connectivity index (χ1v) is 6.68. The summed E-state index contributed by atoms with van der Waals surface area (Å²) < 4.78 is 25.3. The molecule has 0 amide bonds. The summed E-state index contributed by atoms with van der Waals surface area (Å²) in [6, 6.07) is 1.50. The summed E-state index contributed by atoms with van der Waals surface area (Å²) in [5, 5.41) is 11.6. The molecule has 0 fully saturated rings. The van der Waals surface area contributed by atoms with E-state index in [1.54, 1.807) is 5.38 Å². The third-order valence-electron chi connectivity index (χ3n) is 1.66. The summed E-state index contributed by atoms with van der Waals surface area (Å²) in [5.41, 5.74) is 0. The summed E-state index contributed by atoms with van der Waals surface area (Å²) in [6.07, 6.45) is 0.255. The average Bonchev–Trinajstić information content (AvgIpc) is 2.65. The van der Waals surface area contributed by atoms with E-state index in [1.165, 1.54) is 22.8 Å². The Morgan fingerprint density at radius 3 is 2.80 bits per heavy atom. The molecule has 0 atom stereocenters. The fourth-order valence-electron chi connectivity index (χ4n) is 0.934. The van der Waals surface area contributed by atoms with Crippen molar-refractivity contribution in [3.63, 3.8) is 0 Å². The van der Waals surface area contributed by atoms with Gasteiger partial charge >= 0.3 is 5.97 Å². The van der Waals surface area contributed by atoms with Gasteiger partial charge in [0.15, 0.2) is 0 Å². The molecule has 0 saturated heterocycles. The van der Waals surface area contributed by atoms with Crippen molar-refractivity contribution in [1.82, 2.24) is 4.72 Å². The molecule has 15 heavy (non-hydrogen) atoms. The van der Waals surface area contributed by atoms with Crippen LogP contribution in [0.4, 0.5) is 0 Å². The summed E-state index contributed by atoms with van der Waals surface area (Å²) in [7, 11) is -3.45. The van der Waals surface area contributed by atoms with Crippen LogP contribution in [0.3, 0.4) is 0 Å². The van der Waals surface area contributed by atoms with E-state index in [2.05, 4.69) is 4.72 Å². The molecule has 1 aromatic rings. The van der Waals surface area contributed by atoms with Crippen molar-refractivity contribution in [1.29, 1.82) is 0 Å². The van der Waals surface area contributed by atoms with Gasteiger partial charge in [0.1, 0.15) is 0 Å². The van der Waals surface area contributed by atoms with Gasteiger partial charge in [-0.05, 0) is 17.9 Å². The Hall–Kier alpha value is -0.920. The molecule has 84 valence electrons. The van der Waals surface area contributed by atoms with Crippen molar-refractivity contribution in [3.05, 3.63) is 16.8 Å². The Balaban J connectivity index is 2.42. The van der Waals surface area contributed by atoms with E-state index in [0.29, 0.717) is 6.42 Å². The fourth-order valence-corrected chi connectivity index (χ4v) is 3.04. The SMILES string of the molecule is O=C(O)CCCNS(=O)(=O)c1ccsc1. The first kappa shape index (κ1) is 12.2. The Morgan fingerprint density at radius 2 is 2.27 bits per heavy atom. The molecule has 0 aliphatic heterocycles. The molecule has 0 saturated carbocycles. The molecule has 1 rings (SSSR count). The summed E-state index contributed by atoms with van der Waals surface area (Å²) >= 11 is 1.30. The molecule has 0 unspecified atom stereocenters. The lowest BCUT2D eigenvalue weighted by Crippen LogP contribution is -2.24. The fraction of sp³-hybridized carbons (Fsp3) is 0.375. The van der Waals surface area contributed by atoms with E-state index in [1.807, 2.05) is 0 Å². The molecule has 1 aromatic heterocycles. The van der Waals surface area contributed by atoms with Gasteiger partial charge in [0, 0.05) is 18.3 Å². The van der Waals surface area contributed by atoms with Crippen LogP contribution in [-0.4, -0.2) is 26.0 Å². The zero-order valence-electron chi connectivity index (χ0n) is 7.84. The molecule has 0 aromatic carbocycles. The number of nitrogens with one attached hydrogen (secondary N) is 1. The summed E-state index contributed by atoms with van der Waals surface area (Å²) in [5.74, 6) is -0.926. The van der Waals surface area contributed by atoms with Crippen LogP contribution >= 0.6 is 11.3 Å². The standard InChI is InChI=1S/C8H11NO4S2/c10-8(11)2-1-4-9-15(12,13)7-3-5-14-6-7/h3,5-6,9H,1-2,4H2,(H,10,11). The van der Waals surface area contributed by atoms with Crippen molar-refractivity contribution in [2.75, 3.05) is 6.54 Å². The van der Waals surface area contributed by atoms with E-state index in [0.717, 1.165) is 0 Å². The molecule has 0 aliphatic carbocycles. The number of hydrogen-bond donors (Lipinski definition) is 2. The second-order valence-corrected chi connectivity index (χ2v) is 5.40. The van der Waals surface area contributed by atoms with E-state index >= 15 is 0 Å². The van der Waals surface area contributed by atoms with Gasteiger partial charge in [-0.25, -0.2) is 13.1 Å². The summed E-state index contributed by atoms with van der Waals surface area (Å²) in [4.78, 5) is 10.4. The van der Waals surface area contributed by atoms with E-state index in [9.17, 15) is 13.2 Å². The van der Waals surface area contributed by atoms with Gasteiger partial charge in [-0.15, -0.1) is 0 Å². The lowest BCUT2D eigenvalue weighted by Gasteiger charge is -2.03. The number of carbonyl (C=O) groups is 1. The lowest BCUT2D eigenvalue weighted by molar-refractivity contribution is -0.137. The van der Waals surface area contributed by atoms with E-state index in [-0.39, 0.29) is 17.9 Å². The van der Waals surface area contributed by atoms with Crippen molar-refractivity contribution in [2.45, 2.75) is 17.7 Å². The number of carboxylic acid groups (broad SMARTS) is 1. The van der Waals surface area contributed by atoms with Gasteiger partial charge in [-0.3, -0.25) is 4.79 Å². The van der Waals surface area contributed by atoms with Crippen LogP contribution in [0.15, 0.2) is 21.7 Å². The van der Waals surface area contributed by atoms with Crippen LogP contribution in [0.5, 0.6) is 0 Å². The van der Waals surface area contributed by atoms with Gasteiger partial charge in [-0.1, -0.05) is 0 Å². The topological polar surface area (TPSA) is 83.5 Å². The smallest absolute Gasteiger partial charge is 0.303 e. The normalized spacial score (nSPS) is 11.5. The molecule has 7 heteroatoms. The first-order valence-electron chi connectivity index (χ1n) is 4.26. The maximum Gasteiger partial charge on any atom is 0.303 e. The summed E-state index contributed by atoms with van der Waals surface area (Å²) in [6.45, 7) is 0.143. The van der Waals surface area contributed by atoms with Crippen molar-refractivity contribution < 1.29 is 18.3 Å². The quantitative estimate of drug-likeness (QED) is 0.733. The van der Waals surface area contributed by atoms with Crippen LogP contribution in [0, 0.1) is 0 Å². The van der Waals surface area contributed by atoms with Gasteiger partial charge in [-0.2, -0.15) is 11.3 Å². The third kappa shape index (κ3) is 3.98. The first-order chi connectivity index (χ1) is 7.02. The predicted octanol–water partition coefficient (Wildman–Crippen LogP) is 0.891. The maximum absolute atomic E-state index is 11.5. The average molecular weight is 249 g/mol. The molecule has 0 spiro atoms. The highest BCUT2D eigenvalue weighted by Crippen LogP contribution is 2.12. The highest BCUT2D eigenvalue weighted by Gasteiger charge is 2.13. The largest absolute Gasteiger partial charge is 0.481 e. The number of rotatable bonds is 6. The molecule has 0 radical (unpaired) electrons. The van der Waals surface area contributed by atoms with Crippen LogP contribution in [-0.2, 0) is 14.8 Å². The Morgan fingerprint density at radius 1 is 1.53 bits per heavy atom. The minimum Gasteiger partial charge on any atom is -0.481 e. The van der Waals surface area contributed by atoms with Crippen molar-refractivity contribution in [3.8, 4) is 0 Å². The molecule has 5 nitrogen and oxygen atoms in total. The van der Waals surface area contributed by atoms with Crippen LogP contribution in [0.2, 0.25) is 0 Å². The Bertz CT molecular complexity index is 410. The molecular formula is C8H11NO4S2. The van der Waals surface area contributed by atoms with Crippen LogP contribution in [0.25, 0.3) is 0 Å². The van der Waals surface area contributed by atoms with Gasteiger partial charge < -0.3 is 5.11 Å². The minimum absolute atomic E-state index is 0.0356. The third-order valence-corrected chi connectivity index (χ3v) is 3.96. The number of aliphatic carboxylic acids is 1. The highest BCUT2D eigenvalue weighted by atomic mass is 32.2. The predicted molar refractivity (Wildman–Crippen MR) is 56.4 cm³/mol. The van der Waals surface area contributed by atoms with Crippen LogP contribution in [0.1, 0.15) is 12.8 Å². The molecule has 0 bridgehead atoms. The second kappa shape index (κ2) is 5.24. The number of sulfonamides is 1. The zero-order valence-corrected chi connectivity index (χ0v) is 9.47. The van der Waals surface area contributed by atoms with E-state index < -0.39 is 16.0 Å². The number of carboxylic acids is 1. The van der Waals surface area contributed by atoms with Crippen molar-refractivity contribution >= 4 is 27.3 Å². The van der Waals surface area contributed by atoms with Crippen LogP contribution < -0.4 is 4.72 Å². The maximum atomic E-state index is 11.5. The lowest BCUT2D eigenvalue weighted by atomic mass is 10.3. The Kier molecular flexibility index (Phi) is 4.25. The second-order valence-electron chi connectivity index (χ2n) is 2.85. The Labute approximate surface area is 91.8 Å². The van der Waals surface area contributed by atoms with Gasteiger partial charge in [0.2, 0.25) is 10.0 Å². The monoisotopic (exact) mass is 249 g/mol.